The molecule has 0 saturated heterocycles. The molecule has 0 heterocycles. The number of nitrogens with one attached hydrogen (secondary N) is 1. The molecule has 0 spiro atoms. The minimum Gasteiger partial charge on any atom is -0.478 e. The molecular formula is C15H21NO4. The lowest BCUT2D eigenvalue weighted by molar-refractivity contribution is -0.143. The lowest BCUT2D eigenvalue weighted by atomic mass is 10.1. The van der Waals surface area contributed by atoms with Crippen LogP contribution in [0.25, 0.3) is 0 Å². The van der Waals surface area contributed by atoms with Gasteiger partial charge in [-0.05, 0) is 24.1 Å². The Morgan fingerprint density at radius 3 is 2.75 bits per heavy atom. The molecule has 1 aromatic carbocycles. The van der Waals surface area contributed by atoms with Crippen molar-refractivity contribution in [2.75, 3.05) is 7.11 Å². The maximum Gasteiger partial charge on any atom is 0.335 e. The van der Waals surface area contributed by atoms with Gasteiger partial charge in [0.25, 0.3) is 0 Å². The number of methoxy groups -OCH3 is 1. The van der Waals surface area contributed by atoms with Gasteiger partial charge in [0.15, 0.2) is 0 Å². The van der Waals surface area contributed by atoms with E-state index >= 15 is 0 Å². The van der Waals surface area contributed by atoms with Gasteiger partial charge >= 0.3 is 11.9 Å². The molecule has 1 rings (SSSR count). The number of benzene rings is 1. The zero-order valence-corrected chi connectivity index (χ0v) is 11.9. The van der Waals surface area contributed by atoms with E-state index in [1.54, 1.807) is 18.2 Å². The number of aromatic carboxylic acids is 1. The van der Waals surface area contributed by atoms with Gasteiger partial charge in [0, 0.05) is 6.54 Å². The number of hydrogen-bond acceptors (Lipinski definition) is 4. The first-order valence-electron chi connectivity index (χ1n) is 6.72. The van der Waals surface area contributed by atoms with E-state index < -0.39 is 5.97 Å². The Kier molecular flexibility index (Phi) is 6.73. The van der Waals surface area contributed by atoms with Gasteiger partial charge in [-0.25, -0.2) is 4.79 Å². The van der Waals surface area contributed by atoms with E-state index in [0.717, 1.165) is 18.4 Å². The van der Waals surface area contributed by atoms with Crippen molar-refractivity contribution in [1.82, 2.24) is 5.32 Å². The average Bonchev–Trinajstić information content (AvgIpc) is 2.47. The summed E-state index contributed by atoms with van der Waals surface area (Å²) in [4.78, 5) is 22.5. The van der Waals surface area contributed by atoms with E-state index in [0.29, 0.717) is 13.0 Å². The molecule has 5 heteroatoms. The van der Waals surface area contributed by atoms with Crippen molar-refractivity contribution in [3.05, 3.63) is 35.4 Å². The minimum absolute atomic E-state index is 0.243. The number of hydrogen-bond donors (Lipinski definition) is 2. The van der Waals surface area contributed by atoms with Crippen LogP contribution in [0.15, 0.2) is 24.3 Å². The number of carboxylic acids is 1. The first-order valence-corrected chi connectivity index (χ1v) is 6.72. The summed E-state index contributed by atoms with van der Waals surface area (Å²) in [5.74, 6) is -1.24. The number of carboxylic acid groups (broad SMARTS) is 1. The maximum absolute atomic E-state index is 11.6. The minimum atomic E-state index is -0.956. The number of unbranched alkanes of at least 4 members (excludes halogenated alkanes) is 1. The van der Waals surface area contributed by atoms with Crippen LogP contribution in [-0.2, 0) is 16.1 Å². The molecule has 0 bridgehead atoms. The smallest absolute Gasteiger partial charge is 0.335 e. The van der Waals surface area contributed by atoms with Crippen LogP contribution >= 0.6 is 0 Å². The van der Waals surface area contributed by atoms with Crippen LogP contribution in [0.1, 0.15) is 42.1 Å². The van der Waals surface area contributed by atoms with Gasteiger partial charge in [-0.2, -0.15) is 0 Å². The van der Waals surface area contributed by atoms with E-state index in [1.807, 2.05) is 6.07 Å². The third-order valence-corrected chi connectivity index (χ3v) is 3.06. The van der Waals surface area contributed by atoms with Gasteiger partial charge in [0.1, 0.15) is 6.04 Å². The van der Waals surface area contributed by atoms with Crippen LogP contribution in [-0.4, -0.2) is 30.2 Å². The predicted octanol–water partition coefficient (Wildman–Crippen LogP) is 2.21. The predicted molar refractivity (Wildman–Crippen MR) is 75.6 cm³/mol. The molecule has 1 aromatic rings. The Labute approximate surface area is 118 Å². The summed E-state index contributed by atoms with van der Waals surface area (Å²) in [7, 11) is 1.37. The summed E-state index contributed by atoms with van der Waals surface area (Å²) in [6, 6.07) is 6.31. The first kappa shape index (κ1) is 16.2. The van der Waals surface area contributed by atoms with Crippen molar-refractivity contribution in [3.8, 4) is 0 Å². The molecule has 1 atom stereocenters. The fraction of sp³-hybridized carbons (Fsp3) is 0.467. The molecule has 2 N–H and O–H groups in total. The van der Waals surface area contributed by atoms with Crippen LogP contribution in [0.2, 0.25) is 0 Å². The van der Waals surface area contributed by atoms with Gasteiger partial charge in [0.2, 0.25) is 0 Å². The Bertz CT molecular complexity index is 459. The standard InChI is InChI=1S/C15H21NO4/c1-3-4-8-13(15(19)20-2)16-10-11-6-5-7-12(9-11)14(17)18/h5-7,9,13,16H,3-4,8,10H2,1-2H3,(H,17,18). The molecule has 0 aromatic heterocycles. The molecular weight excluding hydrogens is 258 g/mol. The molecule has 0 amide bonds. The van der Waals surface area contributed by atoms with Gasteiger partial charge in [-0.3, -0.25) is 4.79 Å². The quantitative estimate of drug-likeness (QED) is 0.713. The number of rotatable bonds is 8. The highest BCUT2D eigenvalue weighted by Crippen LogP contribution is 2.08. The lowest BCUT2D eigenvalue weighted by Crippen LogP contribution is -2.37. The number of ether oxygens (including phenoxy) is 1. The largest absolute Gasteiger partial charge is 0.478 e. The van der Waals surface area contributed by atoms with E-state index in [4.69, 9.17) is 9.84 Å². The fourth-order valence-corrected chi connectivity index (χ4v) is 1.91. The van der Waals surface area contributed by atoms with Crippen molar-refractivity contribution in [2.24, 2.45) is 0 Å². The van der Waals surface area contributed by atoms with Crippen LogP contribution in [0.3, 0.4) is 0 Å². The summed E-state index contributed by atoms with van der Waals surface area (Å²) in [5, 5.41) is 12.1. The highest BCUT2D eigenvalue weighted by atomic mass is 16.5. The Balaban J connectivity index is 2.64. The van der Waals surface area contributed by atoms with Gasteiger partial charge < -0.3 is 15.2 Å². The summed E-state index contributed by atoms with van der Waals surface area (Å²) < 4.78 is 4.76. The third kappa shape index (κ3) is 5.01. The molecule has 0 aliphatic rings. The molecule has 110 valence electrons. The number of carbonyl (C=O) groups is 2. The van der Waals surface area contributed by atoms with Gasteiger partial charge in [0.05, 0.1) is 12.7 Å². The second kappa shape index (κ2) is 8.32. The van der Waals surface area contributed by atoms with Crippen molar-refractivity contribution in [2.45, 2.75) is 38.8 Å². The zero-order chi connectivity index (χ0) is 15.0. The van der Waals surface area contributed by atoms with Crippen molar-refractivity contribution >= 4 is 11.9 Å². The molecule has 0 aliphatic carbocycles. The monoisotopic (exact) mass is 279 g/mol. The SMILES string of the molecule is CCCCC(NCc1cccc(C(=O)O)c1)C(=O)OC. The average molecular weight is 279 g/mol. The Morgan fingerprint density at radius 2 is 2.15 bits per heavy atom. The Hall–Kier alpha value is -1.88. The summed E-state index contributed by atoms with van der Waals surface area (Å²) in [5.41, 5.74) is 1.07. The van der Waals surface area contributed by atoms with Gasteiger partial charge in [-0.15, -0.1) is 0 Å². The maximum atomic E-state index is 11.6. The van der Waals surface area contributed by atoms with E-state index in [1.165, 1.54) is 7.11 Å². The number of carbonyl (C=O) groups excluding carboxylic acids is 1. The number of esters is 1. The Morgan fingerprint density at radius 1 is 1.40 bits per heavy atom. The fourth-order valence-electron chi connectivity index (χ4n) is 1.91. The normalized spacial score (nSPS) is 11.9. The molecule has 0 aliphatic heterocycles. The molecule has 0 radical (unpaired) electrons. The van der Waals surface area contributed by atoms with Crippen molar-refractivity contribution in [1.29, 1.82) is 0 Å². The highest BCUT2D eigenvalue weighted by Gasteiger charge is 2.17. The summed E-state index contributed by atoms with van der Waals surface area (Å²) >= 11 is 0. The van der Waals surface area contributed by atoms with Crippen LogP contribution in [0.4, 0.5) is 0 Å². The van der Waals surface area contributed by atoms with Crippen molar-refractivity contribution < 1.29 is 19.4 Å². The first-order chi connectivity index (χ1) is 9.58. The molecule has 1 unspecified atom stereocenters. The van der Waals surface area contributed by atoms with E-state index in [-0.39, 0.29) is 17.6 Å². The highest BCUT2D eigenvalue weighted by molar-refractivity contribution is 5.87. The summed E-state index contributed by atoms with van der Waals surface area (Å²) in [6.45, 7) is 2.50. The van der Waals surface area contributed by atoms with E-state index in [2.05, 4.69) is 12.2 Å². The molecule has 20 heavy (non-hydrogen) atoms. The second-order valence-corrected chi connectivity index (χ2v) is 4.60. The van der Waals surface area contributed by atoms with Crippen LogP contribution in [0.5, 0.6) is 0 Å². The molecule has 0 saturated carbocycles. The third-order valence-electron chi connectivity index (χ3n) is 3.06. The van der Waals surface area contributed by atoms with Gasteiger partial charge in [-0.1, -0.05) is 31.9 Å². The summed E-state index contributed by atoms with van der Waals surface area (Å²) in [6.07, 6.45) is 2.65. The van der Waals surface area contributed by atoms with E-state index in [9.17, 15) is 9.59 Å². The topological polar surface area (TPSA) is 75.6 Å². The second-order valence-electron chi connectivity index (χ2n) is 4.60. The zero-order valence-electron chi connectivity index (χ0n) is 11.9. The van der Waals surface area contributed by atoms with Crippen LogP contribution in [0, 0.1) is 0 Å². The van der Waals surface area contributed by atoms with Crippen molar-refractivity contribution in [3.63, 3.8) is 0 Å². The van der Waals surface area contributed by atoms with Crippen LogP contribution < -0.4 is 5.32 Å². The lowest BCUT2D eigenvalue weighted by Gasteiger charge is -2.16. The molecule has 0 fully saturated rings. The molecule has 5 nitrogen and oxygen atoms in total.